The molecule has 0 radical (unpaired) electrons. The number of quaternary nitrogens is 1. The third-order valence-corrected chi connectivity index (χ3v) is 4.50. The summed E-state index contributed by atoms with van der Waals surface area (Å²) in [6, 6.07) is 15.6. The second-order valence-electron chi connectivity index (χ2n) is 5.77. The lowest BCUT2D eigenvalue weighted by molar-refractivity contribution is -0.692. The molecule has 23 heavy (non-hydrogen) atoms. The lowest BCUT2D eigenvalue weighted by Gasteiger charge is -2.19. The number of hydrogen-bond donors (Lipinski definition) is 2. The fourth-order valence-electron chi connectivity index (χ4n) is 2.50. The lowest BCUT2D eigenvalue weighted by Crippen LogP contribution is -2.88. The van der Waals surface area contributed by atoms with Gasteiger partial charge in [0.15, 0.2) is 6.54 Å². The summed E-state index contributed by atoms with van der Waals surface area (Å²) >= 11 is 12.0. The summed E-state index contributed by atoms with van der Waals surface area (Å²) < 4.78 is 0. The summed E-state index contributed by atoms with van der Waals surface area (Å²) in [6.45, 7) is 4.63. The van der Waals surface area contributed by atoms with Crippen molar-refractivity contribution < 1.29 is 10.1 Å². The molecule has 0 bridgehead atoms. The van der Waals surface area contributed by atoms with E-state index in [9.17, 15) is 4.79 Å². The van der Waals surface area contributed by atoms with Crippen LogP contribution >= 0.6 is 23.2 Å². The predicted octanol–water partition coefficient (Wildman–Crippen LogP) is 3.89. The van der Waals surface area contributed by atoms with Gasteiger partial charge < -0.3 is 10.6 Å². The van der Waals surface area contributed by atoms with E-state index >= 15 is 0 Å². The largest absolute Gasteiger partial charge is 0.332 e. The van der Waals surface area contributed by atoms with E-state index in [1.165, 1.54) is 5.56 Å². The highest BCUT2D eigenvalue weighted by Crippen LogP contribution is 2.29. The predicted molar refractivity (Wildman–Crippen MR) is 95.9 cm³/mol. The van der Waals surface area contributed by atoms with Gasteiger partial charge in [0.2, 0.25) is 0 Å². The summed E-state index contributed by atoms with van der Waals surface area (Å²) in [4.78, 5) is 12.2. The van der Waals surface area contributed by atoms with Crippen molar-refractivity contribution in [1.29, 1.82) is 0 Å². The molecule has 0 saturated carbocycles. The molecule has 2 aromatic carbocycles. The fraction of sp³-hybridized carbons (Fsp3) is 0.278. The monoisotopic (exact) mass is 351 g/mol. The fourth-order valence-corrected chi connectivity index (χ4v) is 2.85. The minimum absolute atomic E-state index is 0.101. The van der Waals surface area contributed by atoms with Crippen LogP contribution in [-0.2, 0) is 4.79 Å². The molecule has 3 N–H and O–H groups in total. The molecule has 3 nitrogen and oxygen atoms in total. The Hall–Kier alpha value is -1.55. The van der Waals surface area contributed by atoms with Crippen LogP contribution in [-0.4, -0.2) is 12.5 Å². The van der Waals surface area contributed by atoms with E-state index in [4.69, 9.17) is 23.2 Å². The Morgan fingerprint density at radius 3 is 2.43 bits per heavy atom. The molecule has 0 spiro atoms. The van der Waals surface area contributed by atoms with E-state index in [2.05, 4.69) is 31.3 Å². The Bertz CT molecular complexity index is 659. The summed E-state index contributed by atoms with van der Waals surface area (Å²) in [7, 11) is 0. The molecule has 0 aliphatic carbocycles. The number of anilines is 1. The molecular formula is C18H21Cl2N2O+. The maximum Gasteiger partial charge on any atom is 0.279 e. The molecule has 0 heterocycles. The zero-order chi connectivity index (χ0) is 16.8. The number of rotatable bonds is 6. The highest BCUT2D eigenvalue weighted by molar-refractivity contribution is 6.43. The van der Waals surface area contributed by atoms with Gasteiger partial charge in [0.25, 0.3) is 5.91 Å². The van der Waals surface area contributed by atoms with Crippen LogP contribution in [0.15, 0.2) is 48.5 Å². The first kappa shape index (κ1) is 17.8. The molecule has 1 amide bonds. The SMILES string of the molecule is CC(C)[C@H]([NH2+]CC(=O)Nc1cccc(Cl)c1Cl)c1ccccc1. The molecule has 5 heteroatoms. The van der Waals surface area contributed by atoms with Crippen LogP contribution in [0.1, 0.15) is 25.5 Å². The maximum atomic E-state index is 12.2. The van der Waals surface area contributed by atoms with Crippen LogP contribution in [0.25, 0.3) is 0 Å². The quantitative estimate of drug-likeness (QED) is 0.814. The average molecular weight is 352 g/mol. The second-order valence-corrected chi connectivity index (χ2v) is 6.56. The van der Waals surface area contributed by atoms with Gasteiger partial charge in [0.05, 0.1) is 15.7 Å². The van der Waals surface area contributed by atoms with Crippen LogP contribution in [0.3, 0.4) is 0 Å². The first-order chi connectivity index (χ1) is 11.0. The van der Waals surface area contributed by atoms with Crippen molar-refractivity contribution in [2.45, 2.75) is 19.9 Å². The molecule has 2 aromatic rings. The van der Waals surface area contributed by atoms with Gasteiger partial charge in [-0.3, -0.25) is 4.79 Å². The number of carbonyl (C=O) groups excluding carboxylic acids is 1. The number of nitrogens with two attached hydrogens (primary N) is 1. The first-order valence-electron chi connectivity index (χ1n) is 7.61. The van der Waals surface area contributed by atoms with Gasteiger partial charge >= 0.3 is 0 Å². The normalized spacial score (nSPS) is 12.2. The molecule has 0 aliphatic rings. The van der Waals surface area contributed by atoms with E-state index in [1.54, 1.807) is 18.2 Å². The highest BCUT2D eigenvalue weighted by atomic mass is 35.5. The summed E-state index contributed by atoms with van der Waals surface area (Å²) in [5.41, 5.74) is 1.76. The standard InChI is InChI=1S/C18H20Cl2N2O/c1-12(2)18(13-7-4-3-5-8-13)21-11-16(23)22-15-10-6-9-14(19)17(15)20/h3-10,12,18,21H,11H2,1-2H3,(H,22,23)/p+1/t18-/m0/s1. The number of halogens is 2. The van der Waals surface area contributed by atoms with Crippen LogP contribution < -0.4 is 10.6 Å². The minimum atomic E-state index is -0.101. The van der Waals surface area contributed by atoms with Crippen molar-refractivity contribution in [1.82, 2.24) is 0 Å². The van der Waals surface area contributed by atoms with Crippen molar-refractivity contribution in [2.75, 3.05) is 11.9 Å². The number of benzene rings is 2. The van der Waals surface area contributed by atoms with Crippen LogP contribution in [0, 0.1) is 5.92 Å². The van der Waals surface area contributed by atoms with Crippen molar-refractivity contribution >= 4 is 34.8 Å². The topological polar surface area (TPSA) is 45.7 Å². The van der Waals surface area contributed by atoms with E-state index in [1.807, 2.05) is 23.5 Å². The Morgan fingerprint density at radius 2 is 1.78 bits per heavy atom. The zero-order valence-corrected chi connectivity index (χ0v) is 14.7. The van der Waals surface area contributed by atoms with Gasteiger partial charge in [0, 0.05) is 11.5 Å². The van der Waals surface area contributed by atoms with Gasteiger partial charge in [-0.15, -0.1) is 0 Å². The first-order valence-corrected chi connectivity index (χ1v) is 8.36. The van der Waals surface area contributed by atoms with E-state index in [0.717, 1.165) is 0 Å². The van der Waals surface area contributed by atoms with Crippen molar-refractivity contribution in [3.63, 3.8) is 0 Å². The molecule has 1 atom stereocenters. The van der Waals surface area contributed by atoms with Crippen LogP contribution in [0.2, 0.25) is 10.0 Å². The molecule has 122 valence electrons. The summed E-state index contributed by atoms with van der Waals surface area (Å²) in [6.07, 6.45) is 0. The third-order valence-electron chi connectivity index (χ3n) is 3.69. The third kappa shape index (κ3) is 4.96. The molecular weight excluding hydrogens is 331 g/mol. The van der Waals surface area contributed by atoms with E-state index in [0.29, 0.717) is 28.2 Å². The molecule has 0 fully saturated rings. The lowest BCUT2D eigenvalue weighted by atomic mass is 9.96. The summed E-state index contributed by atoms with van der Waals surface area (Å²) in [5, 5.41) is 5.65. The van der Waals surface area contributed by atoms with Gasteiger partial charge in [-0.1, -0.05) is 73.4 Å². The summed E-state index contributed by atoms with van der Waals surface area (Å²) in [5.74, 6) is 0.315. The molecule has 2 rings (SSSR count). The van der Waals surface area contributed by atoms with Crippen molar-refractivity contribution in [3.05, 3.63) is 64.1 Å². The smallest absolute Gasteiger partial charge is 0.279 e. The van der Waals surface area contributed by atoms with Crippen molar-refractivity contribution in [2.24, 2.45) is 5.92 Å². The van der Waals surface area contributed by atoms with Crippen molar-refractivity contribution in [3.8, 4) is 0 Å². The molecule has 0 aliphatic heterocycles. The zero-order valence-electron chi connectivity index (χ0n) is 13.2. The van der Waals surface area contributed by atoms with Crippen LogP contribution in [0.5, 0.6) is 0 Å². The van der Waals surface area contributed by atoms with Gasteiger partial charge in [-0.2, -0.15) is 0 Å². The molecule has 0 unspecified atom stereocenters. The van der Waals surface area contributed by atoms with Gasteiger partial charge in [-0.05, 0) is 12.1 Å². The highest BCUT2D eigenvalue weighted by Gasteiger charge is 2.20. The van der Waals surface area contributed by atoms with Crippen LogP contribution in [0.4, 0.5) is 5.69 Å². The number of hydrogen-bond acceptors (Lipinski definition) is 1. The molecule has 0 aromatic heterocycles. The number of amides is 1. The Kier molecular flexibility index (Phi) is 6.46. The van der Waals surface area contributed by atoms with E-state index in [-0.39, 0.29) is 11.9 Å². The Labute approximate surface area is 147 Å². The minimum Gasteiger partial charge on any atom is -0.332 e. The number of carbonyl (C=O) groups is 1. The van der Waals surface area contributed by atoms with E-state index < -0.39 is 0 Å². The number of nitrogens with one attached hydrogen (secondary N) is 1. The molecule has 0 saturated heterocycles. The Balaban J connectivity index is 1.98. The average Bonchev–Trinajstić information content (AvgIpc) is 2.53. The van der Waals surface area contributed by atoms with Gasteiger partial charge in [-0.25, -0.2) is 0 Å². The maximum absolute atomic E-state index is 12.2. The second kappa shape index (κ2) is 8.34. The Morgan fingerprint density at radius 1 is 1.09 bits per heavy atom. The van der Waals surface area contributed by atoms with Gasteiger partial charge in [0.1, 0.15) is 6.04 Å².